The number of anilines is 1. The molecule has 0 unspecified atom stereocenters. The van der Waals surface area contributed by atoms with E-state index in [2.05, 4.69) is 10.3 Å². The second-order valence-electron chi connectivity index (χ2n) is 3.95. The van der Waals surface area contributed by atoms with E-state index >= 15 is 0 Å². The number of methoxy groups -OCH3 is 2. The van der Waals surface area contributed by atoms with Gasteiger partial charge in [-0.3, -0.25) is 9.59 Å². The number of ether oxygens (including phenoxy) is 2. The Bertz CT molecular complexity index is 679. The third-order valence-electron chi connectivity index (χ3n) is 2.71. The number of aromatic nitrogens is 1. The third kappa shape index (κ3) is 2.80. The summed E-state index contributed by atoms with van der Waals surface area (Å²) in [5.41, 5.74) is 0.208. The zero-order chi connectivity index (χ0) is 14.5. The molecule has 104 valence electrons. The SMILES string of the molecule is COc1ccc(NC(=O)c2c[nH]ccc2=O)cc1OC. The number of carbonyl (C=O) groups is 1. The second-order valence-corrected chi connectivity index (χ2v) is 3.95. The molecule has 1 aromatic carbocycles. The van der Waals surface area contributed by atoms with Crippen molar-refractivity contribution in [3.05, 3.63) is 52.4 Å². The average Bonchev–Trinajstić information content (AvgIpc) is 2.47. The average molecular weight is 274 g/mol. The van der Waals surface area contributed by atoms with E-state index in [1.165, 1.54) is 32.7 Å². The van der Waals surface area contributed by atoms with Crippen molar-refractivity contribution in [2.24, 2.45) is 0 Å². The number of hydrogen-bond donors (Lipinski definition) is 2. The van der Waals surface area contributed by atoms with Crippen LogP contribution >= 0.6 is 0 Å². The van der Waals surface area contributed by atoms with Gasteiger partial charge < -0.3 is 19.8 Å². The molecule has 0 radical (unpaired) electrons. The van der Waals surface area contributed by atoms with Crippen molar-refractivity contribution in [2.45, 2.75) is 0 Å². The Kier molecular flexibility index (Phi) is 4.05. The fourth-order valence-electron chi connectivity index (χ4n) is 1.71. The van der Waals surface area contributed by atoms with Crippen molar-refractivity contribution in [3.8, 4) is 11.5 Å². The largest absolute Gasteiger partial charge is 0.493 e. The van der Waals surface area contributed by atoms with E-state index in [1.807, 2.05) is 0 Å². The molecule has 0 saturated carbocycles. The van der Waals surface area contributed by atoms with Crippen LogP contribution in [-0.2, 0) is 0 Å². The molecule has 6 heteroatoms. The molecular formula is C14H14N2O4. The molecule has 0 saturated heterocycles. The van der Waals surface area contributed by atoms with Gasteiger partial charge in [0.1, 0.15) is 5.56 Å². The molecule has 0 aliphatic carbocycles. The quantitative estimate of drug-likeness (QED) is 0.888. The molecule has 1 heterocycles. The van der Waals surface area contributed by atoms with Crippen LogP contribution in [0.15, 0.2) is 41.5 Å². The van der Waals surface area contributed by atoms with Gasteiger partial charge in [0.25, 0.3) is 5.91 Å². The fourth-order valence-corrected chi connectivity index (χ4v) is 1.71. The van der Waals surface area contributed by atoms with Crippen molar-refractivity contribution in [1.29, 1.82) is 0 Å². The van der Waals surface area contributed by atoms with Crippen LogP contribution in [0.2, 0.25) is 0 Å². The number of H-pyrrole nitrogens is 1. The van der Waals surface area contributed by atoms with Gasteiger partial charge in [-0.25, -0.2) is 0 Å². The molecule has 0 spiro atoms. The first-order chi connectivity index (χ1) is 9.65. The molecule has 1 aromatic heterocycles. The standard InChI is InChI=1S/C14H14N2O4/c1-19-12-4-3-9(7-13(12)20-2)16-14(18)10-8-15-6-5-11(10)17/h3-8H,1-2H3,(H,15,17)(H,16,18). The molecular weight excluding hydrogens is 260 g/mol. The molecule has 0 aliphatic heterocycles. The van der Waals surface area contributed by atoms with Gasteiger partial charge >= 0.3 is 0 Å². The highest BCUT2D eigenvalue weighted by molar-refractivity contribution is 6.04. The molecule has 0 aliphatic rings. The normalized spacial score (nSPS) is 9.90. The van der Waals surface area contributed by atoms with E-state index < -0.39 is 5.91 Å². The first-order valence-electron chi connectivity index (χ1n) is 5.86. The Morgan fingerprint density at radius 2 is 1.90 bits per heavy atom. The second kappa shape index (κ2) is 5.92. The van der Waals surface area contributed by atoms with Crippen LogP contribution in [-0.4, -0.2) is 25.1 Å². The van der Waals surface area contributed by atoms with E-state index in [9.17, 15) is 9.59 Å². The summed E-state index contributed by atoms with van der Waals surface area (Å²) in [5, 5.41) is 2.63. The summed E-state index contributed by atoms with van der Waals surface area (Å²) in [6.45, 7) is 0. The Morgan fingerprint density at radius 1 is 1.15 bits per heavy atom. The smallest absolute Gasteiger partial charge is 0.261 e. The highest BCUT2D eigenvalue weighted by Crippen LogP contribution is 2.29. The maximum atomic E-state index is 12.0. The van der Waals surface area contributed by atoms with E-state index in [0.717, 1.165) is 0 Å². The van der Waals surface area contributed by atoms with Crippen LogP contribution in [0.3, 0.4) is 0 Å². The maximum Gasteiger partial charge on any atom is 0.261 e. The maximum absolute atomic E-state index is 12.0. The van der Waals surface area contributed by atoms with Crippen molar-refractivity contribution in [3.63, 3.8) is 0 Å². The summed E-state index contributed by atoms with van der Waals surface area (Å²) in [6, 6.07) is 6.25. The van der Waals surface area contributed by atoms with Crippen molar-refractivity contribution in [2.75, 3.05) is 19.5 Å². The number of rotatable bonds is 4. The third-order valence-corrected chi connectivity index (χ3v) is 2.71. The zero-order valence-corrected chi connectivity index (χ0v) is 11.1. The van der Waals surface area contributed by atoms with Gasteiger partial charge in [-0.1, -0.05) is 0 Å². The lowest BCUT2D eigenvalue weighted by Gasteiger charge is -2.10. The first-order valence-corrected chi connectivity index (χ1v) is 5.86. The van der Waals surface area contributed by atoms with E-state index in [-0.39, 0.29) is 11.0 Å². The number of aromatic amines is 1. The highest BCUT2D eigenvalue weighted by atomic mass is 16.5. The lowest BCUT2D eigenvalue weighted by Crippen LogP contribution is -2.20. The van der Waals surface area contributed by atoms with Gasteiger partial charge in [-0.2, -0.15) is 0 Å². The summed E-state index contributed by atoms with van der Waals surface area (Å²) in [6.07, 6.45) is 2.83. The Hall–Kier alpha value is -2.76. The molecule has 20 heavy (non-hydrogen) atoms. The number of hydrogen-bond acceptors (Lipinski definition) is 4. The van der Waals surface area contributed by atoms with Crippen LogP contribution in [0.4, 0.5) is 5.69 Å². The molecule has 2 N–H and O–H groups in total. The minimum atomic E-state index is -0.487. The molecule has 6 nitrogen and oxygen atoms in total. The van der Waals surface area contributed by atoms with Gasteiger partial charge in [0.05, 0.1) is 14.2 Å². The van der Waals surface area contributed by atoms with Crippen LogP contribution in [0.25, 0.3) is 0 Å². The van der Waals surface area contributed by atoms with Crippen molar-refractivity contribution < 1.29 is 14.3 Å². The van der Waals surface area contributed by atoms with Gasteiger partial charge in [0, 0.05) is 30.2 Å². The van der Waals surface area contributed by atoms with Gasteiger partial charge in [0.15, 0.2) is 16.9 Å². The van der Waals surface area contributed by atoms with Crippen molar-refractivity contribution in [1.82, 2.24) is 4.98 Å². The van der Waals surface area contributed by atoms with Crippen molar-refractivity contribution >= 4 is 11.6 Å². The minimum Gasteiger partial charge on any atom is -0.493 e. The molecule has 2 aromatic rings. The summed E-state index contributed by atoms with van der Waals surface area (Å²) < 4.78 is 10.3. The molecule has 0 bridgehead atoms. The van der Waals surface area contributed by atoms with Crippen LogP contribution in [0.5, 0.6) is 11.5 Å². The van der Waals surface area contributed by atoms with Crippen LogP contribution < -0.4 is 20.2 Å². The number of nitrogens with one attached hydrogen (secondary N) is 2. The molecule has 1 amide bonds. The van der Waals surface area contributed by atoms with Gasteiger partial charge in [0.2, 0.25) is 0 Å². The highest BCUT2D eigenvalue weighted by Gasteiger charge is 2.11. The number of amides is 1. The summed E-state index contributed by atoms with van der Waals surface area (Å²) in [4.78, 5) is 26.2. The summed E-state index contributed by atoms with van der Waals surface area (Å²) in [5.74, 6) is 0.564. The predicted octanol–water partition coefficient (Wildman–Crippen LogP) is 1.64. The number of pyridine rings is 1. The number of benzene rings is 1. The predicted molar refractivity (Wildman–Crippen MR) is 74.6 cm³/mol. The Labute approximate surface area is 115 Å². The lowest BCUT2D eigenvalue weighted by atomic mass is 10.2. The van der Waals surface area contributed by atoms with Gasteiger partial charge in [-0.05, 0) is 12.1 Å². The zero-order valence-electron chi connectivity index (χ0n) is 11.1. The summed E-state index contributed by atoms with van der Waals surface area (Å²) >= 11 is 0. The van der Waals surface area contributed by atoms with E-state index in [1.54, 1.807) is 18.2 Å². The topological polar surface area (TPSA) is 80.4 Å². The Balaban J connectivity index is 2.24. The molecule has 0 fully saturated rings. The van der Waals surface area contributed by atoms with Crippen LogP contribution in [0, 0.1) is 0 Å². The summed E-state index contributed by atoms with van der Waals surface area (Å²) in [7, 11) is 3.03. The fraction of sp³-hybridized carbons (Fsp3) is 0.143. The number of carbonyl (C=O) groups excluding carboxylic acids is 1. The first kappa shape index (κ1) is 13.7. The minimum absolute atomic E-state index is 0.0438. The molecule has 0 atom stereocenters. The van der Waals surface area contributed by atoms with E-state index in [0.29, 0.717) is 17.2 Å². The van der Waals surface area contributed by atoms with Crippen LogP contribution in [0.1, 0.15) is 10.4 Å². The monoisotopic (exact) mass is 274 g/mol. The Morgan fingerprint density at radius 3 is 2.55 bits per heavy atom. The lowest BCUT2D eigenvalue weighted by molar-refractivity contribution is 0.102. The van der Waals surface area contributed by atoms with E-state index in [4.69, 9.17) is 9.47 Å². The molecule has 2 rings (SSSR count). The van der Waals surface area contributed by atoms with Gasteiger partial charge in [-0.15, -0.1) is 0 Å².